The molecule has 0 aliphatic heterocycles. The van der Waals surface area contributed by atoms with E-state index < -0.39 is 0 Å². The van der Waals surface area contributed by atoms with Gasteiger partial charge in [0.1, 0.15) is 0 Å². The van der Waals surface area contributed by atoms with Crippen LogP contribution >= 0.6 is 18.3 Å². The van der Waals surface area contributed by atoms with Gasteiger partial charge in [0, 0.05) is 0 Å². The highest BCUT2D eigenvalue weighted by Gasteiger charge is 2.21. The van der Waals surface area contributed by atoms with Gasteiger partial charge in [-0.1, -0.05) is 0 Å². The van der Waals surface area contributed by atoms with Crippen molar-refractivity contribution in [1.29, 1.82) is 0 Å². The van der Waals surface area contributed by atoms with Crippen molar-refractivity contribution in [3.05, 3.63) is 0 Å². The standard InChI is InChI=1S/C6H14O2P2/c7-10-8-4-5-1-2-6(9)3-5/h5-7,10H,1-4,9H2. The van der Waals surface area contributed by atoms with Gasteiger partial charge < -0.3 is 9.42 Å². The van der Waals surface area contributed by atoms with Crippen molar-refractivity contribution in [3.63, 3.8) is 0 Å². The lowest BCUT2D eigenvalue weighted by molar-refractivity contribution is 0.262. The van der Waals surface area contributed by atoms with E-state index in [4.69, 9.17) is 9.42 Å². The number of rotatable bonds is 3. The molecule has 0 aromatic heterocycles. The molecule has 4 heteroatoms. The third-order valence-electron chi connectivity index (χ3n) is 1.97. The Hall–Kier alpha value is 0.780. The van der Waals surface area contributed by atoms with Crippen LogP contribution in [0.15, 0.2) is 0 Å². The van der Waals surface area contributed by atoms with Crippen LogP contribution < -0.4 is 0 Å². The summed E-state index contributed by atoms with van der Waals surface area (Å²) in [6, 6.07) is 0. The highest BCUT2D eigenvalue weighted by atomic mass is 31.1. The van der Waals surface area contributed by atoms with E-state index in [1.807, 2.05) is 0 Å². The molecule has 1 aliphatic rings. The Morgan fingerprint density at radius 3 is 2.90 bits per heavy atom. The van der Waals surface area contributed by atoms with Gasteiger partial charge >= 0.3 is 0 Å². The first kappa shape index (κ1) is 8.87. The lowest BCUT2D eigenvalue weighted by Gasteiger charge is -2.06. The van der Waals surface area contributed by atoms with Crippen LogP contribution in [0.3, 0.4) is 0 Å². The third kappa shape index (κ3) is 2.80. The van der Waals surface area contributed by atoms with Crippen molar-refractivity contribution >= 4 is 18.3 Å². The van der Waals surface area contributed by atoms with Crippen LogP contribution in [-0.4, -0.2) is 17.2 Å². The van der Waals surface area contributed by atoms with Gasteiger partial charge in [-0.25, -0.2) is 0 Å². The summed E-state index contributed by atoms with van der Waals surface area (Å²) < 4.78 is 4.94. The van der Waals surface area contributed by atoms with Crippen LogP contribution in [-0.2, 0) is 4.52 Å². The van der Waals surface area contributed by atoms with Gasteiger partial charge in [0.15, 0.2) is 9.03 Å². The lowest BCUT2D eigenvalue weighted by Crippen LogP contribution is -2.01. The van der Waals surface area contributed by atoms with Crippen molar-refractivity contribution < 1.29 is 9.42 Å². The largest absolute Gasteiger partial charge is 0.352 e. The molecule has 1 rings (SSSR count). The summed E-state index contributed by atoms with van der Waals surface area (Å²) in [5, 5.41) is 0. The molecule has 2 nitrogen and oxygen atoms in total. The Labute approximate surface area is 65.9 Å². The van der Waals surface area contributed by atoms with E-state index in [1.165, 1.54) is 19.3 Å². The zero-order chi connectivity index (χ0) is 7.40. The Morgan fingerprint density at radius 1 is 1.60 bits per heavy atom. The molecule has 0 spiro atoms. The van der Waals surface area contributed by atoms with Gasteiger partial charge in [0.25, 0.3) is 0 Å². The Kier molecular flexibility index (Phi) is 4.10. The van der Waals surface area contributed by atoms with Crippen molar-refractivity contribution in [3.8, 4) is 0 Å². The van der Waals surface area contributed by atoms with Gasteiger partial charge in [0.2, 0.25) is 0 Å². The lowest BCUT2D eigenvalue weighted by atomic mass is 10.1. The minimum atomic E-state index is -0.330. The van der Waals surface area contributed by atoms with Gasteiger partial charge in [-0.05, 0) is 30.8 Å². The van der Waals surface area contributed by atoms with E-state index in [0.717, 1.165) is 12.3 Å². The topological polar surface area (TPSA) is 29.5 Å². The van der Waals surface area contributed by atoms with Crippen molar-refractivity contribution in [2.24, 2.45) is 5.92 Å². The quantitative estimate of drug-likeness (QED) is 0.667. The molecule has 1 N–H and O–H groups in total. The molecule has 1 aliphatic carbocycles. The second-order valence-corrected chi connectivity index (χ2v) is 4.26. The monoisotopic (exact) mass is 180 g/mol. The summed E-state index contributed by atoms with van der Waals surface area (Å²) >= 11 is 0. The van der Waals surface area contributed by atoms with Crippen LogP contribution in [0.5, 0.6) is 0 Å². The Balaban J connectivity index is 2.06. The molecule has 0 aromatic carbocycles. The predicted octanol–water partition coefficient (Wildman–Crippen LogP) is 1.55. The van der Waals surface area contributed by atoms with Gasteiger partial charge in [-0.3, -0.25) is 0 Å². The van der Waals surface area contributed by atoms with E-state index in [-0.39, 0.29) is 9.03 Å². The Bertz CT molecular complexity index is 99.7. The molecule has 0 aromatic rings. The van der Waals surface area contributed by atoms with Crippen molar-refractivity contribution in [2.75, 3.05) is 6.61 Å². The SMILES string of the molecule is OPOCC1CCC(P)C1. The maximum atomic E-state index is 8.39. The van der Waals surface area contributed by atoms with Crippen molar-refractivity contribution in [1.82, 2.24) is 0 Å². The first-order valence-electron chi connectivity index (χ1n) is 3.59. The molecule has 0 radical (unpaired) electrons. The normalized spacial score (nSPS) is 34.2. The van der Waals surface area contributed by atoms with E-state index in [0.29, 0.717) is 5.92 Å². The molecule has 1 saturated carbocycles. The van der Waals surface area contributed by atoms with Crippen LogP contribution in [0.2, 0.25) is 0 Å². The molecular formula is C6H14O2P2. The van der Waals surface area contributed by atoms with E-state index in [2.05, 4.69) is 9.24 Å². The summed E-state index contributed by atoms with van der Waals surface area (Å²) in [5.41, 5.74) is 0.788. The molecule has 4 atom stereocenters. The third-order valence-corrected chi connectivity index (χ3v) is 2.87. The first-order chi connectivity index (χ1) is 4.83. The smallest absolute Gasteiger partial charge is 0.152 e. The maximum Gasteiger partial charge on any atom is 0.152 e. The fourth-order valence-corrected chi connectivity index (χ4v) is 2.31. The number of hydrogen-bond donors (Lipinski definition) is 1. The van der Waals surface area contributed by atoms with E-state index in [1.54, 1.807) is 0 Å². The summed E-state index contributed by atoms with van der Waals surface area (Å²) in [6.07, 6.45) is 3.81. The maximum absolute atomic E-state index is 8.39. The first-order valence-corrected chi connectivity index (χ1v) is 5.11. The van der Waals surface area contributed by atoms with Crippen LogP contribution in [0.4, 0.5) is 0 Å². The molecule has 0 amide bonds. The summed E-state index contributed by atoms with van der Waals surface area (Å²) in [7, 11) is 2.52. The average molecular weight is 180 g/mol. The highest BCUT2D eigenvalue weighted by molar-refractivity contribution is 7.24. The summed E-state index contributed by atoms with van der Waals surface area (Å²) in [4.78, 5) is 8.39. The van der Waals surface area contributed by atoms with Gasteiger partial charge in [-0.15, -0.1) is 9.24 Å². The molecule has 1 fully saturated rings. The molecule has 60 valence electrons. The van der Waals surface area contributed by atoms with Gasteiger partial charge in [0.05, 0.1) is 6.61 Å². The molecule has 0 bridgehead atoms. The second kappa shape index (κ2) is 4.62. The molecule has 0 heterocycles. The summed E-state index contributed by atoms with van der Waals surface area (Å²) in [5.74, 6) is 0.696. The zero-order valence-corrected chi connectivity index (χ0v) is 8.07. The molecule has 0 saturated heterocycles. The summed E-state index contributed by atoms with van der Waals surface area (Å²) in [6.45, 7) is 0.750. The van der Waals surface area contributed by atoms with Crippen molar-refractivity contribution in [2.45, 2.75) is 24.9 Å². The van der Waals surface area contributed by atoms with Crippen LogP contribution in [0, 0.1) is 5.92 Å². The van der Waals surface area contributed by atoms with Gasteiger partial charge in [-0.2, -0.15) is 0 Å². The Morgan fingerprint density at radius 2 is 2.40 bits per heavy atom. The van der Waals surface area contributed by atoms with E-state index in [9.17, 15) is 0 Å². The minimum Gasteiger partial charge on any atom is -0.352 e. The van der Waals surface area contributed by atoms with E-state index >= 15 is 0 Å². The molecular weight excluding hydrogens is 166 g/mol. The zero-order valence-electron chi connectivity index (χ0n) is 5.92. The minimum absolute atomic E-state index is 0.330. The second-order valence-electron chi connectivity index (χ2n) is 2.84. The average Bonchev–Trinajstić information content (AvgIpc) is 2.31. The van der Waals surface area contributed by atoms with Crippen LogP contribution in [0.25, 0.3) is 0 Å². The highest BCUT2D eigenvalue weighted by Crippen LogP contribution is 2.31. The molecule has 10 heavy (non-hydrogen) atoms. The predicted molar refractivity (Wildman–Crippen MR) is 47.3 cm³/mol. The van der Waals surface area contributed by atoms with Crippen LogP contribution in [0.1, 0.15) is 19.3 Å². The number of hydrogen-bond acceptors (Lipinski definition) is 2. The fourth-order valence-electron chi connectivity index (χ4n) is 1.42. The fraction of sp³-hybridized carbons (Fsp3) is 1.00. The molecule has 4 unspecified atom stereocenters.